The van der Waals surface area contributed by atoms with Crippen molar-refractivity contribution >= 4 is 46.4 Å². The number of piperazine rings is 1. The summed E-state index contributed by atoms with van der Waals surface area (Å²) in [6.07, 6.45) is 0. The molecule has 27 heavy (non-hydrogen) atoms. The number of nitrogens with two attached hydrogens (primary N) is 1. The van der Waals surface area contributed by atoms with Crippen LogP contribution in [0.4, 0.5) is 0 Å². The maximum Gasteiger partial charge on any atom is 0.260 e. The lowest BCUT2D eigenvalue weighted by Crippen LogP contribution is -2.49. The highest BCUT2D eigenvalue weighted by Crippen LogP contribution is 2.24. The van der Waals surface area contributed by atoms with Crippen molar-refractivity contribution in [3.05, 3.63) is 50.1 Å². The van der Waals surface area contributed by atoms with Crippen LogP contribution in [0.2, 0.25) is 9.36 Å². The molecular formula is C18H19Cl2N3O3S. The van der Waals surface area contributed by atoms with E-state index in [0.717, 1.165) is 24.0 Å². The number of amides is 2. The highest BCUT2D eigenvalue weighted by Gasteiger charge is 2.22. The second-order valence-corrected chi connectivity index (χ2v) is 8.39. The number of carbonyl (C=O) groups is 2. The first-order chi connectivity index (χ1) is 12.9. The van der Waals surface area contributed by atoms with E-state index in [9.17, 15) is 9.59 Å². The van der Waals surface area contributed by atoms with Crippen LogP contribution < -0.4 is 10.5 Å². The SMILES string of the molecule is NC(=O)c1cc(Cl)ccc1OCC(=O)N1CCN(Cc2ccc(Cl)s2)CC1. The monoisotopic (exact) mass is 427 g/mol. The molecule has 144 valence electrons. The van der Waals surface area contributed by atoms with E-state index >= 15 is 0 Å². The van der Waals surface area contributed by atoms with Crippen LogP contribution >= 0.6 is 34.5 Å². The normalized spacial score (nSPS) is 15.0. The molecule has 9 heteroatoms. The fourth-order valence-electron chi connectivity index (χ4n) is 2.86. The molecule has 2 amide bonds. The predicted octanol–water partition coefficient (Wildman–Crippen LogP) is 2.88. The van der Waals surface area contributed by atoms with E-state index in [0.29, 0.717) is 18.1 Å². The van der Waals surface area contributed by atoms with Crippen molar-refractivity contribution in [1.82, 2.24) is 9.80 Å². The summed E-state index contributed by atoms with van der Waals surface area (Å²) in [5.74, 6) is -0.519. The number of rotatable bonds is 6. The van der Waals surface area contributed by atoms with Gasteiger partial charge in [0.15, 0.2) is 6.61 Å². The quantitative estimate of drug-likeness (QED) is 0.768. The van der Waals surface area contributed by atoms with Crippen LogP contribution in [0.25, 0.3) is 0 Å². The zero-order chi connectivity index (χ0) is 19.4. The third kappa shape index (κ3) is 5.35. The van der Waals surface area contributed by atoms with Gasteiger partial charge in [-0.15, -0.1) is 11.3 Å². The number of hydrogen-bond donors (Lipinski definition) is 1. The average Bonchev–Trinajstić information content (AvgIpc) is 3.05. The Balaban J connectivity index is 1.49. The first-order valence-corrected chi connectivity index (χ1v) is 9.96. The van der Waals surface area contributed by atoms with E-state index in [2.05, 4.69) is 4.90 Å². The van der Waals surface area contributed by atoms with Gasteiger partial charge in [-0.05, 0) is 30.3 Å². The Morgan fingerprint density at radius 1 is 1.11 bits per heavy atom. The zero-order valence-corrected chi connectivity index (χ0v) is 16.8. The lowest BCUT2D eigenvalue weighted by molar-refractivity contribution is -0.135. The van der Waals surface area contributed by atoms with Gasteiger partial charge in [0.1, 0.15) is 5.75 Å². The van der Waals surface area contributed by atoms with Gasteiger partial charge in [-0.1, -0.05) is 23.2 Å². The first kappa shape index (κ1) is 19.9. The zero-order valence-electron chi connectivity index (χ0n) is 14.5. The van der Waals surface area contributed by atoms with Crippen molar-refractivity contribution in [2.24, 2.45) is 5.73 Å². The van der Waals surface area contributed by atoms with Crippen molar-refractivity contribution in [2.45, 2.75) is 6.54 Å². The van der Waals surface area contributed by atoms with Crippen molar-refractivity contribution in [2.75, 3.05) is 32.8 Å². The van der Waals surface area contributed by atoms with Crippen LogP contribution in [0.1, 0.15) is 15.2 Å². The predicted molar refractivity (Wildman–Crippen MR) is 107 cm³/mol. The molecule has 0 aliphatic carbocycles. The first-order valence-electron chi connectivity index (χ1n) is 8.39. The van der Waals surface area contributed by atoms with Crippen LogP contribution in [0.15, 0.2) is 30.3 Å². The minimum Gasteiger partial charge on any atom is -0.483 e. The molecule has 3 rings (SSSR count). The molecule has 0 saturated carbocycles. The Bertz CT molecular complexity index is 835. The molecule has 6 nitrogen and oxygen atoms in total. The van der Waals surface area contributed by atoms with Crippen molar-refractivity contribution in [1.29, 1.82) is 0 Å². The Morgan fingerprint density at radius 2 is 1.85 bits per heavy atom. The highest BCUT2D eigenvalue weighted by atomic mass is 35.5. The van der Waals surface area contributed by atoms with Crippen LogP contribution in [-0.4, -0.2) is 54.4 Å². The van der Waals surface area contributed by atoms with Crippen LogP contribution in [0.5, 0.6) is 5.75 Å². The smallest absolute Gasteiger partial charge is 0.260 e. The summed E-state index contributed by atoms with van der Waals surface area (Å²) in [6.45, 7) is 3.52. The number of hydrogen-bond acceptors (Lipinski definition) is 5. The molecule has 1 fully saturated rings. The van der Waals surface area contributed by atoms with Crippen LogP contribution in [0.3, 0.4) is 0 Å². The third-order valence-electron chi connectivity index (χ3n) is 4.29. The number of carbonyl (C=O) groups excluding carboxylic acids is 2. The number of primary amides is 1. The molecule has 0 unspecified atom stereocenters. The molecule has 0 radical (unpaired) electrons. The molecule has 0 spiro atoms. The molecule has 0 atom stereocenters. The lowest BCUT2D eigenvalue weighted by atomic mass is 10.2. The largest absolute Gasteiger partial charge is 0.483 e. The van der Waals surface area contributed by atoms with Crippen molar-refractivity contribution in [3.8, 4) is 5.75 Å². The van der Waals surface area contributed by atoms with E-state index in [1.807, 2.05) is 12.1 Å². The molecule has 2 aromatic rings. The summed E-state index contributed by atoms with van der Waals surface area (Å²) < 4.78 is 6.30. The summed E-state index contributed by atoms with van der Waals surface area (Å²) >= 11 is 13.4. The summed E-state index contributed by atoms with van der Waals surface area (Å²) in [5, 5.41) is 0.380. The maximum absolute atomic E-state index is 12.4. The van der Waals surface area contributed by atoms with E-state index in [4.69, 9.17) is 33.7 Å². The van der Waals surface area contributed by atoms with Crippen molar-refractivity contribution in [3.63, 3.8) is 0 Å². The Labute approximate surface area is 171 Å². The third-order valence-corrected chi connectivity index (χ3v) is 5.74. The van der Waals surface area contributed by atoms with Gasteiger partial charge in [-0.2, -0.15) is 0 Å². The van der Waals surface area contributed by atoms with E-state index in [-0.39, 0.29) is 23.8 Å². The molecular weight excluding hydrogens is 409 g/mol. The second-order valence-electron chi connectivity index (χ2n) is 6.16. The van der Waals surface area contributed by atoms with Crippen LogP contribution in [-0.2, 0) is 11.3 Å². The topological polar surface area (TPSA) is 75.9 Å². The summed E-state index contributed by atoms with van der Waals surface area (Å²) in [6, 6.07) is 8.49. The summed E-state index contributed by atoms with van der Waals surface area (Å²) in [4.78, 5) is 29.2. The van der Waals surface area contributed by atoms with Gasteiger partial charge in [0, 0.05) is 42.6 Å². The Morgan fingerprint density at radius 3 is 2.48 bits per heavy atom. The van der Waals surface area contributed by atoms with Gasteiger partial charge in [0.05, 0.1) is 9.90 Å². The van der Waals surface area contributed by atoms with Gasteiger partial charge in [-0.25, -0.2) is 0 Å². The minimum absolute atomic E-state index is 0.126. The van der Waals surface area contributed by atoms with Gasteiger partial charge in [0.25, 0.3) is 11.8 Å². The van der Waals surface area contributed by atoms with Gasteiger partial charge < -0.3 is 15.4 Å². The van der Waals surface area contributed by atoms with E-state index < -0.39 is 5.91 Å². The standard InChI is InChI=1S/C18H19Cl2N3O3S/c19-12-1-3-15(14(9-12)18(21)25)26-11-17(24)23-7-5-22(6-8-23)10-13-2-4-16(20)27-13/h1-4,9H,5-8,10-11H2,(H2,21,25). The van der Waals surface area contributed by atoms with Crippen LogP contribution in [0, 0.1) is 0 Å². The van der Waals surface area contributed by atoms with Gasteiger partial charge >= 0.3 is 0 Å². The molecule has 0 bridgehead atoms. The molecule has 1 aromatic carbocycles. The summed E-state index contributed by atoms with van der Waals surface area (Å²) in [5.41, 5.74) is 5.49. The average molecular weight is 428 g/mol. The van der Waals surface area contributed by atoms with Gasteiger partial charge in [0.2, 0.25) is 0 Å². The Hall–Kier alpha value is -1.80. The number of halogens is 2. The molecule has 2 heterocycles. The fraction of sp³-hybridized carbons (Fsp3) is 0.333. The number of nitrogens with zero attached hydrogens (tertiary/aromatic N) is 2. The van der Waals surface area contributed by atoms with E-state index in [1.54, 1.807) is 28.4 Å². The van der Waals surface area contributed by atoms with Gasteiger partial charge in [-0.3, -0.25) is 14.5 Å². The molecule has 1 saturated heterocycles. The van der Waals surface area contributed by atoms with E-state index in [1.165, 1.54) is 10.9 Å². The molecule has 1 aliphatic heterocycles. The number of thiophene rings is 1. The van der Waals surface area contributed by atoms with Crippen molar-refractivity contribution < 1.29 is 14.3 Å². The molecule has 1 aromatic heterocycles. The molecule has 1 aliphatic rings. The number of benzene rings is 1. The Kier molecular flexibility index (Phi) is 6.59. The lowest BCUT2D eigenvalue weighted by Gasteiger charge is -2.34. The minimum atomic E-state index is -0.651. The summed E-state index contributed by atoms with van der Waals surface area (Å²) in [7, 11) is 0. The highest BCUT2D eigenvalue weighted by molar-refractivity contribution is 7.16. The molecule has 2 N–H and O–H groups in total. The number of ether oxygens (including phenoxy) is 1. The maximum atomic E-state index is 12.4. The fourth-order valence-corrected chi connectivity index (χ4v) is 4.17. The second kappa shape index (κ2) is 8.93.